The van der Waals surface area contributed by atoms with Crippen LogP contribution in [0.15, 0.2) is 17.7 Å². The monoisotopic (exact) mass is 164 g/mol. The summed E-state index contributed by atoms with van der Waals surface area (Å²) in [6, 6.07) is 0. The van der Waals surface area contributed by atoms with Gasteiger partial charge in [-0.2, -0.15) is 0 Å². The van der Waals surface area contributed by atoms with E-state index in [-0.39, 0.29) is 12.0 Å². The SMILES string of the molecule is O=C1CC=C[C]=C1C1NCCO1. The third-order valence-electron chi connectivity index (χ3n) is 1.94. The van der Waals surface area contributed by atoms with Gasteiger partial charge >= 0.3 is 0 Å². The minimum atomic E-state index is -0.220. The molecule has 1 N–H and O–H groups in total. The van der Waals surface area contributed by atoms with Crippen molar-refractivity contribution < 1.29 is 9.53 Å². The molecule has 0 aromatic rings. The third kappa shape index (κ3) is 1.33. The zero-order valence-corrected chi connectivity index (χ0v) is 6.67. The molecule has 1 aliphatic heterocycles. The van der Waals surface area contributed by atoms with Crippen LogP contribution >= 0.6 is 0 Å². The minimum absolute atomic E-state index is 0.108. The number of hydrogen-bond donors (Lipinski definition) is 1. The second-order valence-electron chi connectivity index (χ2n) is 2.79. The van der Waals surface area contributed by atoms with Crippen molar-refractivity contribution in [1.82, 2.24) is 5.32 Å². The van der Waals surface area contributed by atoms with E-state index in [1.165, 1.54) is 0 Å². The highest BCUT2D eigenvalue weighted by molar-refractivity contribution is 5.97. The molecule has 63 valence electrons. The van der Waals surface area contributed by atoms with E-state index < -0.39 is 0 Å². The van der Waals surface area contributed by atoms with Gasteiger partial charge in [0.1, 0.15) is 6.23 Å². The maximum absolute atomic E-state index is 11.3. The molecule has 3 heteroatoms. The summed E-state index contributed by atoms with van der Waals surface area (Å²) in [5.41, 5.74) is 0.634. The number of rotatable bonds is 1. The second kappa shape index (κ2) is 3.21. The van der Waals surface area contributed by atoms with Crippen LogP contribution in [0.2, 0.25) is 0 Å². The van der Waals surface area contributed by atoms with Gasteiger partial charge < -0.3 is 4.74 Å². The summed E-state index contributed by atoms with van der Waals surface area (Å²) < 4.78 is 5.30. The third-order valence-corrected chi connectivity index (χ3v) is 1.94. The van der Waals surface area contributed by atoms with E-state index in [9.17, 15) is 4.79 Å². The van der Waals surface area contributed by atoms with E-state index in [0.717, 1.165) is 6.54 Å². The smallest absolute Gasteiger partial charge is 0.167 e. The molecule has 1 unspecified atom stereocenters. The Morgan fingerprint density at radius 3 is 3.25 bits per heavy atom. The first-order valence-corrected chi connectivity index (χ1v) is 4.04. The lowest BCUT2D eigenvalue weighted by molar-refractivity contribution is -0.116. The lowest BCUT2D eigenvalue weighted by atomic mass is 10.0. The van der Waals surface area contributed by atoms with Gasteiger partial charge in [-0.25, -0.2) is 0 Å². The number of ether oxygens (including phenoxy) is 1. The van der Waals surface area contributed by atoms with Crippen LogP contribution in [0.3, 0.4) is 0 Å². The minimum Gasteiger partial charge on any atom is -0.358 e. The molecule has 2 rings (SSSR count). The first kappa shape index (κ1) is 7.71. The van der Waals surface area contributed by atoms with Gasteiger partial charge in [-0.1, -0.05) is 12.2 Å². The number of allylic oxidation sites excluding steroid dienone is 3. The van der Waals surface area contributed by atoms with Crippen LogP contribution in [0, 0.1) is 6.08 Å². The van der Waals surface area contributed by atoms with Crippen LogP contribution < -0.4 is 5.32 Å². The molecule has 1 saturated heterocycles. The Balaban J connectivity index is 2.14. The molecular formula is C9H10NO2. The van der Waals surface area contributed by atoms with E-state index in [0.29, 0.717) is 18.6 Å². The number of nitrogens with one attached hydrogen (secondary N) is 1. The quantitative estimate of drug-likeness (QED) is 0.601. The summed E-state index contributed by atoms with van der Waals surface area (Å²) in [7, 11) is 0. The van der Waals surface area contributed by atoms with Crippen molar-refractivity contribution in [3.8, 4) is 0 Å². The molecule has 1 atom stereocenters. The summed E-state index contributed by atoms with van der Waals surface area (Å²) in [4.78, 5) is 11.3. The van der Waals surface area contributed by atoms with Gasteiger partial charge in [0.2, 0.25) is 0 Å². The van der Waals surface area contributed by atoms with Crippen molar-refractivity contribution in [2.75, 3.05) is 13.2 Å². The fourth-order valence-electron chi connectivity index (χ4n) is 1.34. The Hall–Kier alpha value is -0.930. The lowest BCUT2D eigenvalue weighted by Gasteiger charge is -2.13. The van der Waals surface area contributed by atoms with Crippen molar-refractivity contribution in [3.63, 3.8) is 0 Å². The highest BCUT2D eigenvalue weighted by Crippen LogP contribution is 2.14. The maximum atomic E-state index is 11.3. The van der Waals surface area contributed by atoms with Gasteiger partial charge in [-0.15, -0.1) is 0 Å². The van der Waals surface area contributed by atoms with Crippen molar-refractivity contribution in [2.24, 2.45) is 0 Å². The van der Waals surface area contributed by atoms with Crippen LogP contribution in [0.25, 0.3) is 0 Å². The number of Topliss-reactive ketones (excluding diaryl/α,β-unsaturated/α-hetero) is 1. The van der Waals surface area contributed by atoms with Gasteiger partial charge in [-0.05, 0) is 6.08 Å². The van der Waals surface area contributed by atoms with Gasteiger partial charge in [-0.3, -0.25) is 10.1 Å². The van der Waals surface area contributed by atoms with E-state index in [4.69, 9.17) is 4.74 Å². The van der Waals surface area contributed by atoms with Crippen molar-refractivity contribution in [3.05, 3.63) is 23.8 Å². The molecule has 0 aromatic heterocycles. The standard InChI is InChI=1S/C9H10NO2/c11-8-4-2-1-3-7(8)9-10-5-6-12-9/h1-2,9-10H,4-6H2. The zero-order valence-electron chi connectivity index (χ0n) is 6.67. The number of ketones is 1. The first-order valence-electron chi connectivity index (χ1n) is 4.04. The Bertz CT molecular complexity index is 249. The summed E-state index contributed by atoms with van der Waals surface area (Å²) in [6.07, 6.45) is 6.75. The average Bonchev–Trinajstić information content (AvgIpc) is 2.57. The molecule has 1 fully saturated rings. The Labute approximate surface area is 71.1 Å². The van der Waals surface area contributed by atoms with Crippen LogP contribution in [0.1, 0.15) is 6.42 Å². The maximum Gasteiger partial charge on any atom is 0.167 e. The first-order chi connectivity index (χ1) is 5.88. The molecular weight excluding hydrogens is 154 g/mol. The van der Waals surface area contributed by atoms with Crippen LogP contribution in [0.4, 0.5) is 0 Å². The molecule has 2 aliphatic rings. The molecule has 0 saturated carbocycles. The molecule has 0 bridgehead atoms. The van der Waals surface area contributed by atoms with Crippen molar-refractivity contribution in [1.29, 1.82) is 0 Å². The lowest BCUT2D eigenvalue weighted by Crippen LogP contribution is -2.29. The Kier molecular flexibility index (Phi) is 2.06. The fraction of sp³-hybridized carbons (Fsp3) is 0.444. The van der Waals surface area contributed by atoms with Crippen molar-refractivity contribution in [2.45, 2.75) is 12.6 Å². The molecule has 1 radical (unpaired) electrons. The summed E-state index contributed by atoms with van der Waals surface area (Å²) in [5.74, 6) is 0.108. The van der Waals surface area contributed by atoms with Gasteiger partial charge in [0.25, 0.3) is 0 Å². The van der Waals surface area contributed by atoms with E-state index >= 15 is 0 Å². The molecule has 0 amide bonds. The molecule has 0 aromatic carbocycles. The highest BCUT2D eigenvalue weighted by atomic mass is 16.5. The number of carbonyl (C=O) groups is 1. The van der Waals surface area contributed by atoms with E-state index in [1.54, 1.807) is 12.2 Å². The molecule has 1 heterocycles. The summed E-state index contributed by atoms with van der Waals surface area (Å²) in [6.45, 7) is 1.49. The fourth-order valence-corrected chi connectivity index (χ4v) is 1.34. The van der Waals surface area contributed by atoms with Crippen LogP contribution in [-0.2, 0) is 9.53 Å². The van der Waals surface area contributed by atoms with E-state index in [1.807, 2.05) is 0 Å². The second-order valence-corrected chi connectivity index (χ2v) is 2.79. The van der Waals surface area contributed by atoms with Gasteiger partial charge in [0, 0.05) is 18.5 Å². The zero-order chi connectivity index (χ0) is 8.39. The predicted octanol–water partition coefficient (Wildman–Crippen LogP) is 0.191. The largest absolute Gasteiger partial charge is 0.358 e. The molecule has 1 aliphatic carbocycles. The summed E-state index contributed by atoms with van der Waals surface area (Å²) >= 11 is 0. The Morgan fingerprint density at radius 1 is 1.67 bits per heavy atom. The molecule has 3 nitrogen and oxygen atoms in total. The van der Waals surface area contributed by atoms with Gasteiger partial charge in [0.05, 0.1) is 6.61 Å². The van der Waals surface area contributed by atoms with Gasteiger partial charge in [0.15, 0.2) is 5.78 Å². The normalized spacial score (nSPS) is 29.2. The molecule has 0 spiro atoms. The summed E-state index contributed by atoms with van der Waals surface area (Å²) in [5, 5.41) is 3.08. The topological polar surface area (TPSA) is 38.3 Å². The van der Waals surface area contributed by atoms with Crippen molar-refractivity contribution >= 4 is 5.78 Å². The predicted molar refractivity (Wildman–Crippen MR) is 43.3 cm³/mol. The van der Waals surface area contributed by atoms with E-state index in [2.05, 4.69) is 11.4 Å². The average molecular weight is 164 g/mol. The van der Waals surface area contributed by atoms with Crippen LogP contribution in [-0.4, -0.2) is 25.2 Å². The molecule has 12 heavy (non-hydrogen) atoms. The number of carbonyl (C=O) groups excluding carboxylic acids is 1. The highest BCUT2D eigenvalue weighted by Gasteiger charge is 2.24. The number of hydrogen-bond acceptors (Lipinski definition) is 3. The Morgan fingerprint density at radius 2 is 2.58 bits per heavy atom. The van der Waals surface area contributed by atoms with Crippen LogP contribution in [0.5, 0.6) is 0 Å².